The first-order chi connectivity index (χ1) is 12.6. The second kappa shape index (κ2) is 10.2. The fraction of sp³-hybridized carbons (Fsp3) is 0.211. The summed E-state index contributed by atoms with van der Waals surface area (Å²) < 4.78 is 4.80. The molecule has 0 aliphatic heterocycles. The fourth-order valence-corrected chi connectivity index (χ4v) is 2.74. The van der Waals surface area contributed by atoms with Crippen LogP contribution in [0.15, 0.2) is 54.6 Å². The van der Waals surface area contributed by atoms with Gasteiger partial charge in [-0.1, -0.05) is 30.3 Å². The van der Waals surface area contributed by atoms with Gasteiger partial charge in [-0.3, -0.25) is 14.4 Å². The lowest BCUT2D eigenvalue weighted by Crippen LogP contribution is -2.20. The van der Waals surface area contributed by atoms with Crippen LogP contribution in [0.3, 0.4) is 0 Å². The predicted octanol–water partition coefficient (Wildman–Crippen LogP) is 3.17. The molecule has 0 fully saturated rings. The number of carbonyl (C=O) groups is 3. The van der Waals surface area contributed by atoms with Crippen LogP contribution in [0.2, 0.25) is 0 Å². The number of ether oxygens (including phenoxy) is 1. The van der Waals surface area contributed by atoms with Gasteiger partial charge in [0.1, 0.15) is 0 Å². The van der Waals surface area contributed by atoms with Gasteiger partial charge in [0.2, 0.25) is 5.91 Å². The first-order valence-electron chi connectivity index (χ1n) is 8.08. The maximum atomic E-state index is 12.5. The number of thioether (sulfide) groups is 1. The lowest BCUT2D eigenvalue weighted by molar-refractivity contribution is -0.139. The molecule has 0 radical (unpaired) electrons. The first-order valence-corrected chi connectivity index (χ1v) is 9.24. The number of amides is 2. The van der Waals surface area contributed by atoms with Crippen molar-refractivity contribution in [3.63, 3.8) is 0 Å². The highest BCUT2D eigenvalue weighted by Crippen LogP contribution is 2.18. The molecular formula is C19H20N2O4S. The molecule has 2 aromatic rings. The summed E-state index contributed by atoms with van der Waals surface area (Å²) in [6.07, 6.45) is 0. The van der Waals surface area contributed by atoms with Crippen LogP contribution in [0.1, 0.15) is 17.3 Å². The average Bonchev–Trinajstić information content (AvgIpc) is 2.63. The Kier molecular flexibility index (Phi) is 7.70. The van der Waals surface area contributed by atoms with Crippen molar-refractivity contribution < 1.29 is 19.1 Å². The van der Waals surface area contributed by atoms with E-state index in [2.05, 4.69) is 10.6 Å². The lowest BCUT2D eigenvalue weighted by atomic mass is 10.1. The van der Waals surface area contributed by atoms with Crippen molar-refractivity contribution in [3.05, 3.63) is 60.2 Å². The molecular weight excluding hydrogens is 352 g/mol. The van der Waals surface area contributed by atoms with Crippen molar-refractivity contribution in [2.24, 2.45) is 0 Å². The number of hydrogen-bond donors (Lipinski definition) is 2. The van der Waals surface area contributed by atoms with E-state index in [9.17, 15) is 14.4 Å². The Balaban J connectivity index is 1.94. The lowest BCUT2D eigenvalue weighted by Gasteiger charge is -2.11. The molecule has 0 aromatic heterocycles. The van der Waals surface area contributed by atoms with Gasteiger partial charge < -0.3 is 15.4 Å². The Labute approximate surface area is 156 Å². The van der Waals surface area contributed by atoms with E-state index in [-0.39, 0.29) is 29.3 Å². The minimum absolute atomic E-state index is 0.0907. The first kappa shape index (κ1) is 19.5. The molecule has 0 saturated carbocycles. The van der Waals surface area contributed by atoms with Crippen LogP contribution >= 0.6 is 11.8 Å². The van der Waals surface area contributed by atoms with E-state index in [1.54, 1.807) is 43.3 Å². The Morgan fingerprint density at radius 3 is 2.35 bits per heavy atom. The Morgan fingerprint density at radius 1 is 0.923 bits per heavy atom. The normalized spacial score (nSPS) is 10.0. The average molecular weight is 372 g/mol. The molecule has 0 bridgehead atoms. The summed E-state index contributed by atoms with van der Waals surface area (Å²) in [6, 6.07) is 15.8. The van der Waals surface area contributed by atoms with Crippen molar-refractivity contribution in [1.82, 2.24) is 0 Å². The van der Waals surface area contributed by atoms with E-state index in [4.69, 9.17) is 4.74 Å². The SMILES string of the molecule is CCOC(=O)CSCC(=O)Nc1ccccc1C(=O)Nc1ccccc1. The van der Waals surface area contributed by atoms with Crippen LogP contribution in [-0.4, -0.2) is 35.9 Å². The second-order valence-electron chi connectivity index (χ2n) is 5.21. The number of anilines is 2. The van der Waals surface area contributed by atoms with Gasteiger partial charge in [0.15, 0.2) is 0 Å². The zero-order valence-electron chi connectivity index (χ0n) is 14.4. The zero-order chi connectivity index (χ0) is 18.8. The third-order valence-electron chi connectivity index (χ3n) is 3.24. The third-order valence-corrected chi connectivity index (χ3v) is 4.14. The molecule has 0 aliphatic carbocycles. The summed E-state index contributed by atoms with van der Waals surface area (Å²) >= 11 is 1.16. The van der Waals surface area contributed by atoms with Gasteiger partial charge in [0, 0.05) is 5.69 Å². The summed E-state index contributed by atoms with van der Waals surface area (Å²) in [5.74, 6) is -0.760. The Bertz CT molecular complexity index is 765. The Morgan fingerprint density at radius 2 is 1.62 bits per heavy atom. The van der Waals surface area contributed by atoms with E-state index in [0.717, 1.165) is 11.8 Å². The minimum Gasteiger partial charge on any atom is -0.465 e. The predicted molar refractivity (Wildman–Crippen MR) is 103 cm³/mol. The van der Waals surface area contributed by atoms with Crippen molar-refractivity contribution in [3.8, 4) is 0 Å². The van der Waals surface area contributed by atoms with Gasteiger partial charge in [0.05, 0.1) is 29.4 Å². The van der Waals surface area contributed by atoms with Crippen molar-refractivity contribution in [2.75, 3.05) is 28.7 Å². The molecule has 2 N–H and O–H groups in total. The molecule has 0 heterocycles. The van der Waals surface area contributed by atoms with Gasteiger partial charge in [-0.2, -0.15) is 0 Å². The van der Waals surface area contributed by atoms with Crippen LogP contribution < -0.4 is 10.6 Å². The molecule has 2 rings (SSSR count). The van der Waals surface area contributed by atoms with Gasteiger partial charge in [-0.15, -0.1) is 11.8 Å². The Hall–Kier alpha value is -2.80. The molecule has 0 aliphatic rings. The summed E-state index contributed by atoms with van der Waals surface area (Å²) in [6.45, 7) is 2.04. The quantitative estimate of drug-likeness (QED) is 0.695. The standard InChI is InChI=1S/C19H20N2O4S/c1-2-25-18(23)13-26-12-17(22)21-16-11-7-6-10-15(16)19(24)20-14-8-4-3-5-9-14/h3-11H,2,12-13H2,1H3,(H,20,24)(H,21,22). The molecule has 0 spiro atoms. The van der Waals surface area contributed by atoms with Crippen molar-refractivity contribution in [2.45, 2.75) is 6.92 Å². The number of carbonyl (C=O) groups excluding carboxylic acids is 3. The molecule has 0 saturated heterocycles. The number of para-hydroxylation sites is 2. The van der Waals surface area contributed by atoms with Crippen LogP contribution in [0, 0.1) is 0 Å². The minimum atomic E-state index is -0.354. The van der Waals surface area contributed by atoms with Crippen LogP contribution in [0.5, 0.6) is 0 Å². The molecule has 6 nitrogen and oxygen atoms in total. The molecule has 0 unspecified atom stereocenters. The molecule has 0 atom stereocenters. The van der Waals surface area contributed by atoms with Crippen LogP contribution in [0.4, 0.5) is 11.4 Å². The maximum absolute atomic E-state index is 12.5. The highest BCUT2D eigenvalue weighted by Gasteiger charge is 2.14. The van der Waals surface area contributed by atoms with Crippen LogP contribution in [-0.2, 0) is 14.3 Å². The number of benzene rings is 2. The number of esters is 1. The number of rotatable bonds is 8. The second-order valence-corrected chi connectivity index (χ2v) is 6.20. The van der Waals surface area contributed by atoms with E-state index in [1.807, 2.05) is 18.2 Å². The topological polar surface area (TPSA) is 84.5 Å². The maximum Gasteiger partial charge on any atom is 0.315 e. The summed E-state index contributed by atoms with van der Waals surface area (Å²) in [7, 11) is 0. The van der Waals surface area contributed by atoms with Crippen LogP contribution in [0.25, 0.3) is 0 Å². The molecule has 2 aromatic carbocycles. The van der Waals surface area contributed by atoms with Gasteiger partial charge >= 0.3 is 5.97 Å². The van der Waals surface area contributed by atoms with Gasteiger partial charge in [-0.25, -0.2) is 0 Å². The van der Waals surface area contributed by atoms with Gasteiger partial charge in [-0.05, 0) is 31.2 Å². The fourth-order valence-electron chi connectivity index (χ4n) is 2.13. The molecule has 136 valence electrons. The molecule has 2 amide bonds. The highest BCUT2D eigenvalue weighted by molar-refractivity contribution is 8.00. The van der Waals surface area contributed by atoms with E-state index < -0.39 is 0 Å². The van der Waals surface area contributed by atoms with Crippen molar-refractivity contribution in [1.29, 1.82) is 0 Å². The summed E-state index contributed by atoms with van der Waals surface area (Å²) in [4.78, 5) is 35.8. The van der Waals surface area contributed by atoms with Crippen molar-refractivity contribution >= 4 is 40.9 Å². The zero-order valence-corrected chi connectivity index (χ0v) is 15.2. The smallest absolute Gasteiger partial charge is 0.315 e. The third kappa shape index (κ3) is 6.25. The monoisotopic (exact) mass is 372 g/mol. The van der Waals surface area contributed by atoms with E-state index >= 15 is 0 Å². The largest absolute Gasteiger partial charge is 0.465 e. The van der Waals surface area contributed by atoms with Gasteiger partial charge in [0.25, 0.3) is 5.91 Å². The highest BCUT2D eigenvalue weighted by atomic mass is 32.2. The van der Waals surface area contributed by atoms with E-state index in [0.29, 0.717) is 23.5 Å². The number of hydrogen-bond acceptors (Lipinski definition) is 5. The summed E-state index contributed by atoms with van der Waals surface area (Å²) in [5, 5.41) is 5.50. The molecule has 7 heteroatoms. The van der Waals surface area contributed by atoms with E-state index in [1.165, 1.54) is 0 Å². The number of nitrogens with one attached hydrogen (secondary N) is 2. The summed E-state index contributed by atoms with van der Waals surface area (Å²) in [5.41, 5.74) is 1.45. The molecule has 26 heavy (non-hydrogen) atoms.